The summed E-state index contributed by atoms with van der Waals surface area (Å²) in [7, 11) is 0. The zero-order valence-corrected chi connectivity index (χ0v) is 15.5. The van der Waals surface area contributed by atoms with Gasteiger partial charge in [0.1, 0.15) is 5.60 Å². The number of ether oxygens (including phenoxy) is 1. The summed E-state index contributed by atoms with van der Waals surface area (Å²) in [6.45, 7) is 13.0. The highest BCUT2D eigenvalue weighted by Crippen LogP contribution is 2.32. The lowest BCUT2D eigenvalue weighted by Crippen LogP contribution is -2.50. The van der Waals surface area contributed by atoms with Crippen molar-refractivity contribution in [1.82, 2.24) is 4.90 Å². The van der Waals surface area contributed by atoms with Crippen molar-refractivity contribution < 1.29 is 9.53 Å². The fourth-order valence-electron chi connectivity index (χ4n) is 3.10. The molecule has 0 aromatic heterocycles. The molecule has 1 heterocycles. The van der Waals surface area contributed by atoms with E-state index in [9.17, 15) is 4.79 Å². The Kier molecular flexibility index (Phi) is 5.28. The van der Waals surface area contributed by atoms with Crippen molar-refractivity contribution in [2.24, 2.45) is 5.73 Å². The number of benzene rings is 1. The van der Waals surface area contributed by atoms with Crippen molar-refractivity contribution in [3.05, 3.63) is 22.8 Å². The van der Waals surface area contributed by atoms with E-state index in [1.807, 2.05) is 33.8 Å². The highest BCUT2D eigenvalue weighted by molar-refractivity contribution is 5.72. The fourth-order valence-corrected chi connectivity index (χ4v) is 3.10. The molecule has 1 aromatic carbocycles. The van der Waals surface area contributed by atoms with E-state index in [1.165, 1.54) is 5.56 Å². The van der Waals surface area contributed by atoms with Crippen LogP contribution in [0.15, 0.2) is 6.07 Å². The zero-order valence-electron chi connectivity index (χ0n) is 15.5. The minimum Gasteiger partial charge on any atom is -0.444 e. The third-order valence-electron chi connectivity index (χ3n) is 4.42. The van der Waals surface area contributed by atoms with Gasteiger partial charge < -0.3 is 26.0 Å². The molecule has 0 aliphatic carbocycles. The average molecular weight is 334 g/mol. The lowest BCUT2D eigenvalue weighted by molar-refractivity contribution is 0.0240. The molecule has 2 rings (SSSR count). The first kappa shape index (κ1) is 18.4. The largest absolute Gasteiger partial charge is 0.444 e. The molecule has 0 unspecified atom stereocenters. The predicted molar refractivity (Wildman–Crippen MR) is 98.2 cm³/mol. The van der Waals surface area contributed by atoms with Gasteiger partial charge in [0.2, 0.25) is 0 Å². The fraction of sp³-hybridized carbons (Fsp3) is 0.611. The van der Waals surface area contributed by atoms with Crippen LogP contribution in [0.5, 0.6) is 0 Å². The monoisotopic (exact) mass is 334 g/mol. The molecule has 1 aliphatic rings. The molecule has 0 bridgehead atoms. The van der Waals surface area contributed by atoms with Crippen molar-refractivity contribution in [2.45, 2.75) is 46.8 Å². The number of nitrogens with zero attached hydrogens (tertiary/aromatic N) is 2. The third kappa shape index (κ3) is 3.93. The Balaban J connectivity index is 2.13. The average Bonchev–Trinajstić information content (AvgIpc) is 2.50. The summed E-state index contributed by atoms with van der Waals surface area (Å²) in [4.78, 5) is 16.3. The maximum absolute atomic E-state index is 12.2. The minimum absolute atomic E-state index is 0.245. The van der Waals surface area contributed by atoms with Gasteiger partial charge in [-0.25, -0.2) is 4.79 Å². The zero-order chi connectivity index (χ0) is 18.1. The van der Waals surface area contributed by atoms with E-state index in [2.05, 4.69) is 11.8 Å². The molecule has 4 N–H and O–H groups in total. The van der Waals surface area contributed by atoms with Gasteiger partial charge in [0.15, 0.2) is 0 Å². The lowest BCUT2D eigenvalue weighted by Gasteiger charge is -2.38. The van der Waals surface area contributed by atoms with Gasteiger partial charge in [0.25, 0.3) is 0 Å². The van der Waals surface area contributed by atoms with E-state index >= 15 is 0 Å². The molecule has 6 heteroatoms. The summed E-state index contributed by atoms with van der Waals surface area (Å²) < 4.78 is 5.45. The van der Waals surface area contributed by atoms with Crippen molar-refractivity contribution in [2.75, 3.05) is 36.8 Å². The van der Waals surface area contributed by atoms with Crippen LogP contribution in [-0.4, -0.2) is 42.8 Å². The number of nitrogen functional groups attached to an aromatic ring is 1. The smallest absolute Gasteiger partial charge is 0.410 e. The van der Waals surface area contributed by atoms with E-state index in [4.69, 9.17) is 16.2 Å². The Bertz CT molecular complexity index is 614. The number of hydrogen-bond acceptors (Lipinski definition) is 5. The van der Waals surface area contributed by atoms with E-state index in [1.54, 1.807) is 4.90 Å². The van der Waals surface area contributed by atoms with Gasteiger partial charge in [-0.15, -0.1) is 0 Å². The molecule has 1 aromatic rings. The number of anilines is 2. The van der Waals surface area contributed by atoms with Gasteiger partial charge in [-0.2, -0.15) is 0 Å². The molecule has 134 valence electrons. The number of piperazine rings is 1. The number of hydrogen-bond donors (Lipinski definition) is 2. The van der Waals surface area contributed by atoms with Gasteiger partial charge in [0, 0.05) is 44.1 Å². The van der Waals surface area contributed by atoms with Crippen LogP contribution in [0.4, 0.5) is 16.2 Å². The normalized spacial score (nSPS) is 15.6. The van der Waals surface area contributed by atoms with Gasteiger partial charge in [-0.3, -0.25) is 0 Å². The van der Waals surface area contributed by atoms with Gasteiger partial charge in [-0.1, -0.05) is 0 Å². The molecular formula is C18H30N4O2. The summed E-state index contributed by atoms with van der Waals surface area (Å²) in [6, 6.07) is 1.96. The van der Waals surface area contributed by atoms with Crippen LogP contribution in [0.3, 0.4) is 0 Å². The van der Waals surface area contributed by atoms with Crippen LogP contribution in [0.25, 0.3) is 0 Å². The number of carbonyl (C=O) groups excluding carboxylic acids is 1. The Labute approximate surface area is 144 Å². The quantitative estimate of drug-likeness (QED) is 0.811. The third-order valence-corrected chi connectivity index (χ3v) is 4.42. The Hall–Kier alpha value is -1.95. The van der Waals surface area contributed by atoms with Crippen LogP contribution < -0.4 is 16.4 Å². The molecule has 24 heavy (non-hydrogen) atoms. The second kappa shape index (κ2) is 6.89. The number of rotatable bonds is 2. The second-order valence-electron chi connectivity index (χ2n) is 7.38. The van der Waals surface area contributed by atoms with Gasteiger partial charge in [-0.05, 0) is 57.4 Å². The van der Waals surface area contributed by atoms with E-state index < -0.39 is 5.60 Å². The number of amides is 1. The first-order valence-corrected chi connectivity index (χ1v) is 8.45. The van der Waals surface area contributed by atoms with Crippen LogP contribution in [0, 0.1) is 13.8 Å². The Morgan fingerprint density at radius 2 is 1.75 bits per heavy atom. The molecule has 1 aliphatic heterocycles. The van der Waals surface area contributed by atoms with Crippen molar-refractivity contribution >= 4 is 17.5 Å². The second-order valence-corrected chi connectivity index (χ2v) is 7.38. The summed E-state index contributed by atoms with van der Waals surface area (Å²) in [5.74, 6) is 0. The first-order chi connectivity index (χ1) is 11.1. The van der Waals surface area contributed by atoms with Crippen LogP contribution in [0.1, 0.15) is 37.5 Å². The predicted octanol–water partition coefficient (Wildman–Crippen LogP) is 2.40. The van der Waals surface area contributed by atoms with Crippen LogP contribution in [-0.2, 0) is 11.3 Å². The van der Waals surface area contributed by atoms with E-state index in [0.29, 0.717) is 19.6 Å². The van der Waals surface area contributed by atoms with Crippen molar-refractivity contribution in [3.8, 4) is 0 Å². The van der Waals surface area contributed by atoms with Crippen molar-refractivity contribution in [1.29, 1.82) is 0 Å². The van der Waals surface area contributed by atoms with E-state index in [0.717, 1.165) is 35.6 Å². The Morgan fingerprint density at radius 3 is 2.25 bits per heavy atom. The van der Waals surface area contributed by atoms with Crippen LogP contribution >= 0.6 is 0 Å². The summed E-state index contributed by atoms with van der Waals surface area (Å²) in [5.41, 5.74) is 16.8. The first-order valence-electron chi connectivity index (χ1n) is 8.45. The maximum atomic E-state index is 12.2. The molecule has 0 spiro atoms. The molecule has 0 radical (unpaired) electrons. The highest BCUT2D eigenvalue weighted by atomic mass is 16.6. The SMILES string of the molecule is Cc1c(N)cc(CN)c(C)c1N1CCN(C(=O)OC(C)(C)C)CC1. The summed E-state index contributed by atoms with van der Waals surface area (Å²) in [6.07, 6.45) is -0.245. The van der Waals surface area contributed by atoms with Gasteiger partial charge in [0.05, 0.1) is 0 Å². The van der Waals surface area contributed by atoms with Crippen molar-refractivity contribution in [3.63, 3.8) is 0 Å². The molecule has 1 amide bonds. The van der Waals surface area contributed by atoms with E-state index in [-0.39, 0.29) is 6.09 Å². The lowest BCUT2D eigenvalue weighted by atomic mass is 9.99. The summed E-state index contributed by atoms with van der Waals surface area (Å²) >= 11 is 0. The number of carbonyl (C=O) groups is 1. The standard InChI is InChI=1S/C18H30N4O2/c1-12-14(11-19)10-15(20)13(2)16(12)21-6-8-22(9-7-21)17(23)24-18(3,4)5/h10H,6-9,11,19-20H2,1-5H3. The number of nitrogens with two attached hydrogens (primary N) is 2. The topological polar surface area (TPSA) is 84.8 Å². The highest BCUT2D eigenvalue weighted by Gasteiger charge is 2.27. The maximum Gasteiger partial charge on any atom is 0.410 e. The minimum atomic E-state index is -0.467. The molecular weight excluding hydrogens is 304 g/mol. The van der Waals surface area contributed by atoms with Crippen LogP contribution in [0.2, 0.25) is 0 Å². The molecule has 6 nitrogen and oxygen atoms in total. The Morgan fingerprint density at radius 1 is 1.17 bits per heavy atom. The van der Waals surface area contributed by atoms with Gasteiger partial charge >= 0.3 is 6.09 Å². The molecule has 1 saturated heterocycles. The molecule has 0 saturated carbocycles. The molecule has 1 fully saturated rings. The molecule has 0 atom stereocenters. The summed E-state index contributed by atoms with van der Waals surface area (Å²) in [5, 5.41) is 0.